The second-order valence-electron chi connectivity index (χ2n) is 6.15. The van der Waals surface area contributed by atoms with E-state index in [1.807, 2.05) is 52.3 Å². The molecule has 1 aliphatic heterocycles. The first kappa shape index (κ1) is 16.0. The van der Waals surface area contributed by atoms with E-state index < -0.39 is 0 Å². The van der Waals surface area contributed by atoms with Crippen molar-refractivity contribution in [1.82, 2.24) is 14.9 Å². The molecular weight excluding hydrogens is 326 g/mol. The van der Waals surface area contributed by atoms with E-state index in [1.54, 1.807) is 6.20 Å². The fourth-order valence-corrected chi connectivity index (χ4v) is 3.34. The minimum atomic E-state index is 0.0427. The number of nitrogens with zero attached hydrogens (tertiary/aromatic N) is 5. The minimum Gasteiger partial charge on any atom is -0.351 e. The standard InChI is InChI=1S/C20H17N5O/c21-14-18-19(23-9-8-22-18)24-10-12-25(13-11-24)20(26)17-7-3-5-15-4-1-2-6-16(15)17/h1-9H,10-13H2. The zero-order chi connectivity index (χ0) is 17.9. The summed E-state index contributed by atoms with van der Waals surface area (Å²) in [6, 6.07) is 15.8. The van der Waals surface area contributed by atoms with Gasteiger partial charge in [-0.3, -0.25) is 4.79 Å². The van der Waals surface area contributed by atoms with Crippen LogP contribution in [-0.4, -0.2) is 47.0 Å². The Morgan fingerprint density at radius 1 is 0.962 bits per heavy atom. The summed E-state index contributed by atoms with van der Waals surface area (Å²) in [6.07, 6.45) is 3.10. The van der Waals surface area contributed by atoms with Crippen LogP contribution in [0.2, 0.25) is 0 Å². The number of aromatic nitrogens is 2. The summed E-state index contributed by atoms with van der Waals surface area (Å²) in [5, 5.41) is 11.2. The summed E-state index contributed by atoms with van der Waals surface area (Å²) in [6.45, 7) is 2.43. The Bertz CT molecular complexity index is 997. The molecule has 0 aliphatic carbocycles. The second-order valence-corrected chi connectivity index (χ2v) is 6.15. The van der Waals surface area contributed by atoms with E-state index in [0.717, 1.165) is 16.3 Å². The van der Waals surface area contributed by atoms with Crippen LogP contribution >= 0.6 is 0 Å². The monoisotopic (exact) mass is 343 g/mol. The average molecular weight is 343 g/mol. The van der Waals surface area contributed by atoms with E-state index in [0.29, 0.717) is 37.7 Å². The molecule has 1 fully saturated rings. The van der Waals surface area contributed by atoms with Crippen LogP contribution in [-0.2, 0) is 0 Å². The summed E-state index contributed by atoms with van der Waals surface area (Å²) < 4.78 is 0. The Labute approximate surface area is 151 Å². The van der Waals surface area contributed by atoms with Crippen LogP contribution in [0.4, 0.5) is 5.82 Å². The molecule has 0 spiro atoms. The first-order chi connectivity index (χ1) is 12.8. The van der Waals surface area contributed by atoms with Crippen molar-refractivity contribution in [3.63, 3.8) is 0 Å². The van der Waals surface area contributed by atoms with E-state index in [4.69, 9.17) is 0 Å². The molecule has 0 atom stereocenters. The molecule has 1 saturated heterocycles. The highest BCUT2D eigenvalue weighted by atomic mass is 16.2. The van der Waals surface area contributed by atoms with Gasteiger partial charge in [-0.2, -0.15) is 5.26 Å². The van der Waals surface area contributed by atoms with Crippen LogP contribution in [0, 0.1) is 11.3 Å². The fourth-order valence-electron chi connectivity index (χ4n) is 3.34. The third-order valence-corrected chi connectivity index (χ3v) is 4.67. The van der Waals surface area contributed by atoms with Crippen molar-refractivity contribution in [2.75, 3.05) is 31.1 Å². The van der Waals surface area contributed by atoms with Crippen LogP contribution in [0.5, 0.6) is 0 Å². The van der Waals surface area contributed by atoms with Gasteiger partial charge in [-0.1, -0.05) is 36.4 Å². The van der Waals surface area contributed by atoms with Gasteiger partial charge >= 0.3 is 0 Å². The molecule has 1 aliphatic rings. The van der Waals surface area contributed by atoms with E-state index in [9.17, 15) is 10.1 Å². The Morgan fingerprint density at radius 2 is 1.69 bits per heavy atom. The molecule has 0 saturated carbocycles. The lowest BCUT2D eigenvalue weighted by atomic mass is 10.0. The number of fused-ring (bicyclic) bond motifs is 1. The summed E-state index contributed by atoms with van der Waals surface area (Å²) in [7, 11) is 0. The molecule has 26 heavy (non-hydrogen) atoms. The smallest absolute Gasteiger partial charge is 0.254 e. The SMILES string of the molecule is N#Cc1nccnc1N1CCN(C(=O)c2cccc3ccccc23)CC1. The number of amides is 1. The summed E-state index contributed by atoms with van der Waals surface area (Å²) in [4.78, 5) is 25.2. The van der Waals surface area contributed by atoms with Crippen LogP contribution in [0.1, 0.15) is 16.1 Å². The molecule has 6 nitrogen and oxygen atoms in total. The van der Waals surface area contributed by atoms with Gasteiger partial charge < -0.3 is 9.80 Å². The summed E-state index contributed by atoms with van der Waals surface area (Å²) >= 11 is 0. The van der Waals surface area contributed by atoms with Gasteiger partial charge in [-0.05, 0) is 16.8 Å². The highest BCUT2D eigenvalue weighted by Gasteiger charge is 2.25. The van der Waals surface area contributed by atoms with Crippen molar-refractivity contribution < 1.29 is 4.79 Å². The van der Waals surface area contributed by atoms with Gasteiger partial charge in [0.2, 0.25) is 0 Å². The van der Waals surface area contributed by atoms with Crippen LogP contribution in [0.3, 0.4) is 0 Å². The molecule has 2 aromatic carbocycles. The van der Waals surface area contributed by atoms with Crippen molar-refractivity contribution in [3.05, 3.63) is 66.1 Å². The predicted octanol–water partition coefficient (Wildman–Crippen LogP) is 2.46. The summed E-state index contributed by atoms with van der Waals surface area (Å²) in [5.41, 5.74) is 1.05. The highest BCUT2D eigenvalue weighted by molar-refractivity contribution is 6.07. The first-order valence-corrected chi connectivity index (χ1v) is 8.51. The van der Waals surface area contributed by atoms with Gasteiger partial charge in [-0.15, -0.1) is 0 Å². The lowest BCUT2D eigenvalue weighted by Gasteiger charge is -2.35. The fraction of sp³-hybridized carbons (Fsp3) is 0.200. The van der Waals surface area contributed by atoms with Crippen LogP contribution in [0.25, 0.3) is 10.8 Å². The first-order valence-electron chi connectivity index (χ1n) is 8.51. The predicted molar refractivity (Wildman–Crippen MR) is 98.8 cm³/mol. The zero-order valence-corrected chi connectivity index (χ0v) is 14.2. The molecule has 0 radical (unpaired) electrons. The van der Waals surface area contributed by atoms with Gasteiger partial charge in [0.25, 0.3) is 5.91 Å². The minimum absolute atomic E-state index is 0.0427. The molecule has 128 valence electrons. The van der Waals surface area contributed by atoms with E-state index in [2.05, 4.69) is 16.0 Å². The van der Waals surface area contributed by atoms with E-state index in [1.165, 1.54) is 6.20 Å². The molecule has 0 unspecified atom stereocenters. The normalized spacial score (nSPS) is 14.3. The number of anilines is 1. The van der Waals surface area contributed by atoms with Crippen molar-refractivity contribution in [1.29, 1.82) is 5.26 Å². The van der Waals surface area contributed by atoms with Crippen molar-refractivity contribution in [2.45, 2.75) is 0 Å². The molecule has 1 aromatic heterocycles. The van der Waals surface area contributed by atoms with E-state index >= 15 is 0 Å². The van der Waals surface area contributed by atoms with Crippen LogP contribution < -0.4 is 4.90 Å². The maximum absolute atomic E-state index is 13.0. The number of nitriles is 1. The van der Waals surface area contributed by atoms with Gasteiger partial charge in [0, 0.05) is 44.1 Å². The Balaban J connectivity index is 1.53. The van der Waals surface area contributed by atoms with Crippen molar-refractivity contribution in [3.8, 4) is 6.07 Å². The van der Waals surface area contributed by atoms with Gasteiger partial charge in [0.1, 0.15) is 6.07 Å². The van der Waals surface area contributed by atoms with Gasteiger partial charge in [0.15, 0.2) is 11.5 Å². The molecule has 3 aromatic rings. The Kier molecular flexibility index (Phi) is 4.20. The largest absolute Gasteiger partial charge is 0.351 e. The summed E-state index contributed by atoms with van der Waals surface area (Å²) in [5.74, 6) is 0.633. The maximum Gasteiger partial charge on any atom is 0.254 e. The van der Waals surface area contributed by atoms with Crippen molar-refractivity contribution in [2.24, 2.45) is 0 Å². The number of carbonyl (C=O) groups excluding carboxylic acids is 1. The Morgan fingerprint density at radius 3 is 2.50 bits per heavy atom. The lowest BCUT2D eigenvalue weighted by Crippen LogP contribution is -2.49. The molecule has 4 rings (SSSR count). The lowest BCUT2D eigenvalue weighted by molar-refractivity contribution is 0.0748. The molecule has 2 heterocycles. The van der Waals surface area contributed by atoms with Gasteiger partial charge in [0.05, 0.1) is 0 Å². The van der Waals surface area contributed by atoms with Crippen LogP contribution in [0.15, 0.2) is 54.9 Å². The molecule has 0 N–H and O–H groups in total. The maximum atomic E-state index is 13.0. The van der Waals surface area contributed by atoms with Crippen molar-refractivity contribution >= 4 is 22.5 Å². The van der Waals surface area contributed by atoms with Gasteiger partial charge in [-0.25, -0.2) is 9.97 Å². The number of benzene rings is 2. The zero-order valence-electron chi connectivity index (χ0n) is 14.2. The number of piperazine rings is 1. The molecule has 1 amide bonds. The average Bonchev–Trinajstić information content (AvgIpc) is 2.73. The molecular formula is C20H17N5O. The third-order valence-electron chi connectivity index (χ3n) is 4.67. The van der Waals surface area contributed by atoms with E-state index in [-0.39, 0.29) is 5.91 Å². The number of hydrogen-bond acceptors (Lipinski definition) is 5. The number of hydrogen-bond donors (Lipinski definition) is 0. The second kappa shape index (κ2) is 6.81. The number of carbonyl (C=O) groups is 1. The third kappa shape index (κ3) is 2.84. The molecule has 0 bridgehead atoms. The quantitative estimate of drug-likeness (QED) is 0.715. The highest BCUT2D eigenvalue weighted by Crippen LogP contribution is 2.22. The number of rotatable bonds is 2. The Hall–Kier alpha value is -3.46. The topological polar surface area (TPSA) is 73.1 Å². The molecule has 6 heteroatoms.